The van der Waals surface area contributed by atoms with Crippen molar-refractivity contribution in [1.82, 2.24) is 4.72 Å². The van der Waals surface area contributed by atoms with Gasteiger partial charge in [0.25, 0.3) is 5.69 Å². The molecular weight excluding hydrogens is 418 g/mol. The lowest BCUT2D eigenvalue weighted by atomic mass is 10.0. The molecule has 0 aliphatic carbocycles. The van der Waals surface area contributed by atoms with E-state index >= 15 is 0 Å². The SMILES string of the molecule is Cc1ccc(S(=O)(=O)NC(CC(=O)Nc2cccc([N+](=O)[O-])c2)c2ccccc2)cc1. The van der Waals surface area contributed by atoms with E-state index in [2.05, 4.69) is 10.0 Å². The summed E-state index contributed by atoms with van der Waals surface area (Å²) < 4.78 is 28.3. The molecule has 0 fully saturated rings. The molecule has 0 aliphatic rings. The van der Waals surface area contributed by atoms with Crippen molar-refractivity contribution in [3.8, 4) is 0 Å². The van der Waals surface area contributed by atoms with Crippen LogP contribution >= 0.6 is 0 Å². The maximum Gasteiger partial charge on any atom is 0.271 e. The second-order valence-electron chi connectivity index (χ2n) is 6.96. The highest BCUT2D eigenvalue weighted by Gasteiger charge is 2.24. The highest BCUT2D eigenvalue weighted by molar-refractivity contribution is 7.89. The van der Waals surface area contributed by atoms with Gasteiger partial charge in [0.05, 0.1) is 15.9 Å². The summed E-state index contributed by atoms with van der Waals surface area (Å²) in [6, 6.07) is 19.9. The summed E-state index contributed by atoms with van der Waals surface area (Å²) in [6.07, 6.45) is -0.197. The zero-order chi connectivity index (χ0) is 22.4. The molecule has 0 aromatic heterocycles. The van der Waals surface area contributed by atoms with Crippen LogP contribution in [-0.2, 0) is 14.8 Å². The third kappa shape index (κ3) is 5.97. The number of aryl methyl sites for hydroxylation is 1. The number of carbonyl (C=O) groups is 1. The van der Waals surface area contributed by atoms with Crippen molar-refractivity contribution in [3.05, 3.63) is 100 Å². The number of benzene rings is 3. The number of amides is 1. The number of nitro groups is 1. The van der Waals surface area contributed by atoms with Gasteiger partial charge in [0.2, 0.25) is 15.9 Å². The minimum absolute atomic E-state index is 0.0955. The van der Waals surface area contributed by atoms with E-state index in [1.807, 2.05) is 6.92 Å². The summed E-state index contributed by atoms with van der Waals surface area (Å²) >= 11 is 0. The Bertz CT molecular complexity index is 1180. The average molecular weight is 439 g/mol. The minimum atomic E-state index is -3.88. The molecule has 1 unspecified atom stereocenters. The lowest BCUT2D eigenvalue weighted by Crippen LogP contribution is -2.31. The van der Waals surface area contributed by atoms with Crippen LogP contribution in [0.25, 0.3) is 0 Å². The van der Waals surface area contributed by atoms with Crippen LogP contribution in [0.2, 0.25) is 0 Å². The van der Waals surface area contributed by atoms with Gasteiger partial charge in [-0.25, -0.2) is 13.1 Å². The number of hydrogen-bond acceptors (Lipinski definition) is 5. The van der Waals surface area contributed by atoms with Crippen molar-refractivity contribution < 1.29 is 18.1 Å². The molecule has 2 N–H and O–H groups in total. The molecule has 0 saturated heterocycles. The molecule has 0 spiro atoms. The Balaban J connectivity index is 1.81. The van der Waals surface area contributed by atoms with Crippen molar-refractivity contribution in [2.45, 2.75) is 24.3 Å². The number of rotatable bonds is 8. The van der Waals surface area contributed by atoms with Crippen LogP contribution in [-0.4, -0.2) is 19.2 Å². The number of carbonyl (C=O) groups excluding carboxylic acids is 1. The van der Waals surface area contributed by atoms with Crippen LogP contribution < -0.4 is 10.0 Å². The molecule has 0 heterocycles. The van der Waals surface area contributed by atoms with Crippen molar-refractivity contribution >= 4 is 27.3 Å². The Labute approximate surface area is 180 Å². The fourth-order valence-electron chi connectivity index (χ4n) is 2.98. The van der Waals surface area contributed by atoms with E-state index in [4.69, 9.17) is 0 Å². The molecule has 3 rings (SSSR count). The normalized spacial score (nSPS) is 12.2. The lowest BCUT2D eigenvalue weighted by molar-refractivity contribution is -0.384. The molecule has 0 saturated carbocycles. The molecule has 31 heavy (non-hydrogen) atoms. The predicted molar refractivity (Wildman–Crippen MR) is 117 cm³/mol. The van der Waals surface area contributed by atoms with E-state index < -0.39 is 26.9 Å². The lowest BCUT2D eigenvalue weighted by Gasteiger charge is -2.19. The Morgan fingerprint density at radius 3 is 2.32 bits per heavy atom. The van der Waals surface area contributed by atoms with Gasteiger partial charge in [0.15, 0.2) is 0 Å². The number of hydrogen-bond donors (Lipinski definition) is 2. The van der Waals surface area contributed by atoms with Crippen molar-refractivity contribution in [3.63, 3.8) is 0 Å². The molecule has 1 atom stereocenters. The maximum absolute atomic E-state index is 12.9. The van der Waals surface area contributed by atoms with E-state index in [0.717, 1.165) is 5.56 Å². The van der Waals surface area contributed by atoms with Crippen molar-refractivity contribution in [2.75, 3.05) is 5.32 Å². The molecule has 1 amide bonds. The number of nitro benzene ring substituents is 1. The first-order chi connectivity index (χ1) is 14.7. The maximum atomic E-state index is 12.9. The van der Waals surface area contributed by atoms with Crippen LogP contribution in [0.1, 0.15) is 23.6 Å². The van der Waals surface area contributed by atoms with Crippen LogP contribution in [0.4, 0.5) is 11.4 Å². The Morgan fingerprint density at radius 1 is 1.00 bits per heavy atom. The van der Waals surface area contributed by atoms with Gasteiger partial charge >= 0.3 is 0 Å². The Hall–Kier alpha value is -3.56. The third-order valence-corrected chi connectivity index (χ3v) is 6.05. The van der Waals surface area contributed by atoms with Gasteiger partial charge in [-0.2, -0.15) is 0 Å². The third-order valence-electron chi connectivity index (χ3n) is 4.56. The van der Waals surface area contributed by atoms with Crippen LogP contribution in [0, 0.1) is 17.0 Å². The average Bonchev–Trinajstić information content (AvgIpc) is 2.74. The summed E-state index contributed by atoms with van der Waals surface area (Å²) in [7, 11) is -3.88. The molecule has 9 heteroatoms. The number of sulfonamides is 1. The Kier molecular flexibility index (Phi) is 6.78. The first-order valence-corrected chi connectivity index (χ1v) is 10.9. The van der Waals surface area contributed by atoms with E-state index in [-0.39, 0.29) is 22.7 Å². The first-order valence-electron chi connectivity index (χ1n) is 9.43. The highest BCUT2D eigenvalue weighted by Crippen LogP contribution is 2.23. The zero-order valence-electron chi connectivity index (χ0n) is 16.7. The summed E-state index contributed by atoms with van der Waals surface area (Å²) in [5, 5.41) is 13.5. The largest absolute Gasteiger partial charge is 0.326 e. The number of nitrogens with one attached hydrogen (secondary N) is 2. The summed E-state index contributed by atoms with van der Waals surface area (Å²) in [5.74, 6) is -0.485. The number of non-ortho nitro benzene ring substituents is 1. The van der Waals surface area contributed by atoms with Crippen LogP contribution in [0.15, 0.2) is 83.8 Å². The summed E-state index contributed by atoms with van der Waals surface area (Å²) in [5.41, 5.74) is 1.65. The van der Waals surface area contributed by atoms with Gasteiger partial charge < -0.3 is 5.32 Å². The minimum Gasteiger partial charge on any atom is -0.326 e. The standard InChI is InChI=1S/C22H21N3O5S/c1-16-10-12-20(13-11-16)31(29,30)24-21(17-6-3-2-4-7-17)15-22(26)23-18-8-5-9-19(14-18)25(27)28/h2-14,21,24H,15H2,1H3,(H,23,26). The highest BCUT2D eigenvalue weighted by atomic mass is 32.2. The van der Waals surface area contributed by atoms with Crippen molar-refractivity contribution in [1.29, 1.82) is 0 Å². The van der Waals surface area contributed by atoms with Crippen LogP contribution in [0.5, 0.6) is 0 Å². The fraction of sp³-hybridized carbons (Fsp3) is 0.136. The molecule has 3 aromatic rings. The van der Waals surface area contributed by atoms with Gasteiger partial charge in [-0.15, -0.1) is 0 Å². The second kappa shape index (κ2) is 9.50. The topological polar surface area (TPSA) is 118 Å². The van der Waals surface area contributed by atoms with Gasteiger partial charge in [-0.3, -0.25) is 14.9 Å². The molecule has 0 bridgehead atoms. The molecular formula is C22H21N3O5S. The van der Waals surface area contributed by atoms with Gasteiger partial charge in [0, 0.05) is 24.2 Å². The van der Waals surface area contributed by atoms with E-state index in [1.165, 1.54) is 36.4 Å². The smallest absolute Gasteiger partial charge is 0.271 e. The molecule has 160 valence electrons. The number of anilines is 1. The molecule has 3 aromatic carbocycles. The van der Waals surface area contributed by atoms with E-state index in [9.17, 15) is 23.3 Å². The molecule has 8 nitrogen and oxygen atoms in total. The second-order valence-corrected chi connectivity index (χ2v) is 8.67. The molecule has 0 aliphatic heterocycles. The van der Waals surface area contributed by atoms with Crippen molar-refractivity contribution in [2.24, 2.45) is 0 Å². The fourth-order valence-corrected chi connectivity index (χ4v) is 4.20. The van der Waals surface area contributed by atoms with E-state index in [1.54, 1.807) is 42.5 Å². The van der Waals surface area contributed by atoms with E-state index in [0.29, 0.717) is 5.56 Å². The quantitative estimate of drug-likeness (QED) is 0.407. The summed E-state index contributed by atoms with van der Waals surface area (Å²) in [4.78, 5) is 23.1. The summed E-state index contributed by atoms with van der Waals surface area (Å²) in [6.45, 7) is 1.86. The van der Waals surface area contributed by atoms with Gasteiger partial charge in [-0.05, 0) is 30.7 Å². The molecule has 0 radical (unpaired) electrons. The first kappa shape index (κ1) is 22.1. The zero-order valence-corrected chi connectivity index (χ0v) is 17.5. The van der Waals surface area contributed by atoms with Gasteiger partial charge in [-0.1, -0.05) is 54.1 Å². The predicted octanol–water partition coefficient (Wildman–Crippen LogP) is 3.95. The van der Waals surface area contributed by atoms with Gasteiger partial charge in [0.1, 0.15) is 0 Å². The Morgan fingerprint density at radius 2 is 1.68 bits per heavy atom. The monoisotopic (exact) mass is 439 g/mol. The number of nitrogens with zero attached hydrogens (tertiary/aromatic N) is 1. The van der Waals surface area contributed by atoms with Crippen LogP contribution in [0.3, 0.4) is 0 Å².